The Labute approximate surface area is 148 Å². The third kappa shape index (κ3) is 3.72. The van der Waals surface area contributed by atoms with Crippen LogP contribution < -0.4 is 10.1 Å². The van der Waals surface area contributed by atoms with Crippen molar-refractivity contribution >= 4 is 23.2 Å². The highest BCUT2D eigenvalue weighted by Gasteiger charge is 2.30. The molecule has 1 aliphatic heterocycles. The van der Waals surface area contributed by atoms with Crippen LogP contribution in [0, 0.1) is 0 Å². The number of fused-ring (bicyclic) bond motifs is 1. The van der Waals surface area contributed by atoms with Crippen LogP contribution in [-0.4, -0.2) is 29.9 Å². The molecule has 2 amide bonds. The monoisotopic (exact) mass is 358 g/mol. The van der Waals surface area contributed by atoms with Gasteiger partial charge in [0.25, 0.3) is 5.91 Å². The lowest BCUT2D eigenvalue weighted by Gasteiger charge is -2.17. The SMILES string of the molecule is C=C1c2ccccc2C(=O)N1CCC(=O)Nc1ccc(OC(F)F)cc1. The van der Waals surface area contributed by atoms with Crippen molar-refractivity contribution in [3.8, 4) is 5.75 Å². The number of anilines is 1. The van der Waals surface area contributed by atoms with Gasteiger partial charge in [0.1, 0.15) is 5.75 Å². The first-order valence-electron chi connectivity index (χ1n) is 7.90. The molecule has 0 fully saturated rings. The van der Waals surface area contributed by atoms with E-state index in [1.165, 1.54) is 29.2 Å². The molecule has 26 heavy (non-hydrogen) atoms. The molecule has 5 nitrogen and oxygen atoms in total. The lowest BCUT2D eigenvalue weighted by Crippen LogP contribution is -2.27. The summed E-state index contributed by atoms with van der Waals surface area (Å²) in [7, 11) is 0. The largest absolute Gasteiger partial charge is 0.435 e. The van der Waals surface area contributed by atoms with Crippen molar-refractivity contribution in [2.24, 2.45) is 0 Å². The number of benzene rings is 2. The van der Waals surface area contributed by atoms with Crippen molar-refractivity contribution in [2.45, 2.75) is 13.0 Å². The van der Waals surface area contributed by atoms with Crippen molar-refractivity contribution in [3.63, 3.8) is 0 Å². The van der Waals surface area contributed by atoms with Crippen LogP contribution in [0.25, 0.3) is 5.70 Å². The van der Waals surface area contributed by atoms with Crippen LogP contribution in [0.15, 0.2) is 55.1 Å². The summed E-state index contributed by atoms with van der Waals surface area (Å²) in [5, 5.41) is 2.65. The number of carbonyl (C=O) groups is 2. The smallest absolute Gasteiger partial charge is 0.387 e. The Hall–Kier alpha value is -3.22. The first-order valence-corrected chi connectivity index (χ1v) is 7.90. The molecule has 0 atom stereocenters. The van der Waals surface area contributed by atoms with Gasteiger partial charge in [0.2, 0.25) is 5.91 Å². The van der Waals surface area contributed by atoms with Gasteiger partial charge in [-0.25, -0.2) is 0 Å². The summed E-state index contributed by atoms with van der Waals surface area (Å²) in [5.41, 5.74) is 2.37. The molecule has 0 aromatic heterocycles. The standard InChI is InChI=1S/C19H16F2N2O3/c1-12-15-4-2-3-5-16(15)18(25)23(12)11-10-17(24)22-13-6-8-14(9-7-13)26-19(20)21/h2-9,19H,1,10-11H2,(H,22,24). The maximum Gasteiger partial charge on any atom is 0.387 e. The molecule has 0 spiro atoms. The highest BCUT2D eigenvalue weighted by atomic mass is 19.3. The second-order valence-electron chi connectivity index (χ2n) is 5.65. The normalized spacial score (nSPS) is 13.1. The minimum atomic E-state index is -2.90. The highest BCUT2D eigenvalue weighted by molar-refractivity contribution is 6.09. The number of rotatable bonds is 6. The molecule has 0 aliphatic carbocycles. The zero-order chi connectivity index (χ0) is 18.7. The van der Waals surface area contributed by atoms with Crippen LogP contribution in [-0.2, 0) is 4.79 Å². The quantitative estimate of drug-likeness (QED) is 0.856. The van der Waals surface area contributed by atoms with E-state index in [4.69, 9.17) is 0 Å². The third-order valence-corrected chi connectivity index (χ3v) is 3.97. The number of carbonyl (C=O) groups excluding carboxylic acids is 2. The van der Waals surface area contributed by atoms with Crippen LogP contribution in [0.5, 0.6) is 5.75 Å². The molecule has 0 unspecified atom stereocenters. The Balaban J connectivity index is 1.55. The van der Waals surface area contributed by atoms with E-state index in [0.717, 1.165) is 5.56 Å². The van der Waals surface area contributed by atoms with Crippen LogP contribution in [0.3, 0.4) is 0 Å². The number of alkyl halides is 2. The summed E-state index contributed by atoms with van der Waals surface area (Å²) in [4.78, 5) is 25.9. The number of hydrogen-bond acceptors (Lipinski definition) is 3. The van der Waals surface area contributed by atoms with E-state index in [0.29, 0.717) is 16.9 Å². The Morgan fingerprint density at radius 1 is 1.12 bits per heavy atom. The van der Waals surface area contributed by atoms with Gasteiger partial charge in [0, 0.05) is 35.5 Å². The van der Waals surface area contributed by atoms with E-state index in [-0.39, 0.29) is 30.5 Å². The van der Waals surface area contributed by atoms with Crippen molar-refractivity contribution in [1.29, 1.82) is 0 Å². The first-order chi connectivity index (χ1) is 12.5. The number of ether oxygens (including phenoxy) is 1. The number of hydrogen-bond donors (Lipinski definition) is 1. The van der Waals surface area contributed by atoms with Crippen LogP contribution in [0.1, 0.15) is 22.3 Å². The van der Waals surface area contributed by atoms with E-state index >= 15 is 0 Å². The van der Waals surface area contributed by atoms with Crippen molar-refractivity contribution < 1.29 is 23.1 Å². The molecule has 2 aromatic carbocycles. The Morgan fingerprint density at radius 2 is 1.77 bits per heavy atom. The number of amides is 2. The van der Waals surface area contributed by atoms with E-state index in [1.807, 2.05) is 12.1 Å². The average molecular weight is 358 g/mol. The van der Waals surface area contributed by atoms with Gasteiger partial charge < -0.3 is 15.0 Å². The molecule has 0 saturated heterocycles. The lowest BCUT2D eigenvalue weighted by molar-refractivity contribution is -0.116. The number of nitrogens with zero attached hydrogens (tertiary/aromatic N) is 1. The van der Waals surface area contributed by atoms with Crippen LogP contribution in [0.2, 0.25) is 0 Å². The molecule has 3 rings (SSSR count). The fourth-order valence-corrected chi connectivity index (χ4v) is 2.73. The van der Waals surface area contributed by atoms with Gasteiger partial charge in [-0.05, 0) is 30.3 Å². The maximum atomic E-state index is 12.4. The van der Waals surface area contributed by atoms with Crippen molar-refractivity contribution in [3.05, 3.63) is 66.2 Å². The first kappa shape index (κ1) is 17.6. The zero-order valence-electron chi connectivity index (χ0n) is 13.7. The Morgan fingerprint density at radius 3 is 2.38 bits per heavy atom. The minimum absolute atomic E-state index is 0.00901. The van der Waals surface area contributed by atoms with Gasteiger partial charge in [-0.15, -0.1) is 0 Å². The maximum absolute atomic E-state index is 12.4. The second-order valence-corrected chi connectivity index (χ2v) is 5.65. The summed E-state index contributed by atoms with van der Waals surface area (Å²) in [6.45, 7) is 1.22. The summed E-state index contributed by atoms with van der Waals surface area (Å²) < 4.78 is 28.5. The molecule has 1 aliphatic rings. The fourth-order valence-electron chi connectivity index (χ4n) is 2.73. The third-order valence-electron chi connectivity index (χ3n) is 3.97. The molecule has 134 valence electrons. The molecule has 0 saturated carbocycles. The molecule has 2 aromatic rings. The summed E-state index contributed by atoms with van der Waals surface area (Å²) in [5.74, 6) is -0.467. The van der Waals surface area contributed by atoms with Crippen LogP contribution >= 0.6 is 0 Å². The predicted molar refractivity (Wildman–Crippen MR) is 92.8 cm³/mol. The average Bonchev–Trinajstić information content (AvgIpc) is 2.86. The topological polar surface area (TPSA) is 58.6 Å². The van der Waals surface area contributed by atoms with E-state index in [9.17, 15) is 18.4 Å². The van der Waals surface area contributed by atoms with Crippen molar-refractivity contribution in [2.75, 3.05) is 11.9 Å². The van der Waals surface area contributed by atoms with Gasteiger partial charge in [-0.1, -0.05) is 24.8 Å². The predicted octanol–water partition coefficient (Wildman–Crippen LogP) is 3.74. The van der Waals surface area contributed by atoms with Gasteiger partial charge in [-0.2, -0.15) is 8.78 Å². The number of nitrogens with one attached hydrogen (secondary N) is 1. The summed E-state index contributed by atoms with van der Waals surface area (Å²) in [6, 6.07) is 12.8. The molecule has 1 N–H and O–H groups in total. The molecule has 0 bridgehead atoms. The van der Waals surface area contributed by atoms with E-state index < -0.39 is 6.61 Å². The molecular formula is C19H16F2N2O3. The molecular weight excluding hydrogens is 342 g/mol. The van der Waals surface area contributed by atoms with E-state index in [2.05, 4.69) is 16.6 Å². The summed E-state index contributed by atoms with van der Waals surface area (Å²) >= 11 is 0. The zero-order valence-corrected chi connectivity index (χ0v) is 13.7. The molecule has 0 radical (unpaired) electrons. The van der Waals surface area contributed by atoms with Gasteiger partial charge in [0.05, 0.1) is 0 Å². The van der Waals surface area contributed by atoms with Crippen LogP contribution in [0.4, 0.5) is 14.5 Å². The Kier molecular flexibility index (Phi) is 4.97. The Bertz CT molecular complexity index is 815. The van der Waals surface area contributed by atoms with Gasteiger partial charge >= 0.3 is 6.61 Å². The highest BCUT2D eigenvalue weighted by Crippen LogP contribution is 2.31. The summed E-state index contributed by atoms with van der Waals surface area (Å²) in [6.07, 6.45) is 0.0774. The number of halogens is 2. The van der Waals surface area contributed by atoms with Crippen molar-refractivity contribution in [1.82, 2.24) is 4.90 Å². The minimum Gasteiger partial charge on any atom is -0.435 e. The molecule has 1 heterocycles. The molecule has 7 heteroatoms. The fraction of sp³-hybridized carbons (Fsp3) is 0.158. The second kappa shape index (κ2) is 7.35. The van der Waals surface area contributed by atoms with Gasteiger partial charge in [-0.3, -0.25) is 9.59 Å². The lowest BCUT2D eigenvalue weighted by atomic mass is 10.1. The van der Waals surface area contributed by atoms with E-state index in [1.54, 1.807) is 12.1 Å². The van der Waals surface area contributed by atoms with Gasteiger partial charge in [0.15, 0.2) is 0 Å².